The van der Waals surface area contributed by atoms with Crippen molar-refractivity contribution < 1.29 is 5.11 Å². The zero-order valence-corrected chi connectivity index (χ0v) is 12.2. The quantitative estimate of drug-likeness (QED) is 0.814. The molecule has 1 rings (SSSR count). The molecule has 1 aromatic carbocycles. The lowest BCUT2D eigenvalue weighted by atomic mass is 10.0. The molecular formula is C15H26N2O. The molecule has 2 N–H and O–H groups in total. The van der Waals surface area contributed by atoms with E-state index in [9.17, 15) is 5.11 Å². The van der Waals surface area contributed by atoms with Crippen molar-refractivity contribution in [2.24, 2.45) is 0 Å². The first-order chi connectivity index (χ1) is 8.39. The Bertz CT molecular complexity index is 367. The number of para-hydroxylation sites is 1. The zero-order chi connectivity index (χ0) is 13.8. The Hall–Kier alpha value is -1.06. The highest BCUT2D eigenvalue weighted by molar-refractivity contribution is 5.54. The molecule has 18 heavy (non-hydrogen) atoms. The summed E-state index contributed by atoms with van der Waals surface area (Å²) >= 11 is 0. The van der Waals surface area contributed by atoms with Crippen LogP contribution in [0.5, 0.6) is 0 Å². The van der Waals surface area contributed by atoms with Gasteiger partial charge in [0, 0.05) is 25.3 Å². The molecule has 0 bridgehead atoms. The molecule has 0 aromatic heterocycles. The highest BCUT2D eigenvalue weighted by Gasteiger charge is 2.19. The Morgan fingerprint density at radius 1 is 1.33 bits per heavy atom. The van der Waals surface area contributed by atoms with E-state index in [4.69, 9.17) is 0 Å². The minimum absolute atomic E-state index is 0.352. The van der Waals surface area contributed by atoms with E-state index in [0.717, 1.165) is 6.42 Å². The van der Waals surface area contributed by atoms with Crippen molar-refractivity contribution in [3.8, 4) is 0 Å². The maximum atomic E-state index is 9.94. The monoisotopic (exact) mass is 250 g/mol. The molecule has 0 aliphatic rings. The van der Waals surface area contributed by atoms with E-state index >= 15 is 0 Å². The third-order valence-corrected chi connectivity index (χ3v) is 3.10. The number of likely N-dealkylation sites (N-methyl/N-ethyl adjacent to an activating group) is 1. The van der Waals surface area contributed by atoms with Gasteiger partial charge in [0.2, 0.25) is 0 Å². The van der Waals surface area contributed by atoms with Gasteiger partial charge < -0.3 is 15.3 Å². The van der Waals surface area contributed by atoms with E-state index in [2.05, 4.69) is 35.3 Å². The average Bonchev–Trinajstić information content (AvgIpc) is 2.29. The number of nitrogens with zero attached hydrogens (tertiary/aromatic N) is 1. The number of nitrogens with one attached hydrogen (secondary N) is 1. The first-order valence-electron chi connectivity index (χ1n) is 6.58. The van der Waals surface area contributed by atoms with Crippen LogP contribution in [0.15, 0.2) is 24.3 Å². The normalized spacial score (nSPS) is 13.4. The summed E-state index contributed by atoms with van der Waals surface area (Å²) in [5.41, 5.74) is 1.78. The van der Waals surface area contributed by atoms with Gasteiger partial charge in [-0.1, -0.05) is 25.1 Å². The third-order valence-electron chi connectivity index (χ3n) is 3.10. The molecule has 0 radical (unpaired) electrons. The maximum Gasteiger partial charge on any atom is 0.0765 e. The van der Waals surface area contributed by atoms with Crippen molar-refractivity contribution in [2.75, 3.05) is 25.5 Å². The van der Waals surface area contributed by atoms with Gasteiger partial charge in [0.25, 0.3) is 0 Å². The predicted octanol–water partition coefficient (Wildman–Crippen LogP) is 2.56. The molecule has 0 aliphatic carbocycles. The Labute approximate surface area is 111 Å². The van der Waals surface area contributed by atoms with Gasteiger partial charge in [-0.15, -0.1) is 0 Å². The van der Waals surface area contributed by atoms with E-state index in [1.165, 1.54) is 11.3 Å². The van der Waals surface area contributed by atoms with Crippen molar-refractivity contribution in [1.29, 1.82) is 0 Å². The van der Waals surface area contributed by atoms with Crippen LogP contribution in [0.2, 0.25) is 0 Å². The molecule has 1 aromatic rings. The fraction of sp³-hybridized carbons (Fsp3) is 0.600. The largest absolute Gasteiger partial charge is 0.389 e. The summed E-state index contributed by atoms with van der Waals surface area (Å²) in [5, 5.41) is 13.3. The van der Waals surface area contributed by atoms with Gasteiger partial charge in [0.15, 0.2) is 0 Å². The molecule has 1 unspecified atom stereocenters. The second-order valence-electron chi connectivity index (χ2n) is 5.48. The third kappa shape index (κ3) is 4.00. The first-order valence-corrected chi connectivity index (χ1v) is 6.58. The molecular weight excluding hydrogens is 224 g/mol. The first kappa shape index (κ1) is 15.0. The van der Waals surface area contributed by atoms with Crippen molar-refractivity contribution >= 4 is 5.69 Å². The summed E-state index contributed by atoms with van der Waals surface area (Å²) in [6, 6.07) is 8.73. The van der Waals surface area contributed by atoms with E-state index < -0.39 is 5.60 Å². The molecule has 3 heteroatoms. The fourth-order valence-electron chi connectivity index (χ4n) is 2.37. The molecule has 0 spiro atoms. The van der Waals surface area contributed by atoms with Crippen molar-refractivity contribution in [1.82, 2.24) is 5.32 Å². The molecule has 0 saturated heterocycles. The lowest BCUT2D eigenvalue weighted by Crippen LogP contribution is -2.37. The summed E-state index contributed by atoms with van der Waals surface area (Å²) < 4.78 is 0. The standard InChI is InChI=1S/C15H26N2O/c1-6-13(16-4)12-9-7-8-10-14(12)17(5)11-15(2,3)18/h7-10,13,16,18H,6,11H2,1-5H3. The average molecular weight is 250 g/mol. The van der Waals surface area contributed by atoms with Crippen LogP contribution in [0.3, 0.4) is 0 Å². The number of rotatable bonds is 6. The van der Waals surface area contributed by atoms with Gasteiger partial charge in [-0.25, -0.2) is 0 Å². The number of hydrogen-bond donors (Lipinski definition) is 2. The van der Waals surface area contributed by atoms with Crippen LogP contribution in [-0.4, -0.2) is 31.3 Å². The summed E-state index contributed by atoms with van der Waals surface area (Å²) in [7, 11) is 4.01. The number of anilines is 1. The van der Waals surface area contributed by atoms with Crippen LogP contribution < -0.4 is 10.2 Å². The van der Waals surface area contributed by atoms with Gasteiger partial charge in [-0.05, 0) is 38.9 Å². The highest BCUT2D eigenvalue weighted by Crippen LogP contribution is 2.28. The summed E-state index contributed by atoms with van der Waals surface area (Å²) in [6.45, 7) is 6.46. The lowest BCUT2D eigenvalue weighted by Gasteiger charge is -2.30. The van der Waals surface area contributed by atoms with E-state index in [1.807, 2.05) is 34.0 Å². The fourth-order valence-corrected chi connectivity index (χ4v) is 2.37. The lowest BCUT2D eigenvalue weighted by molar-refractivity contribution is 0.0886. The smallest absolute Gasteiger partial charge is 0.0765 e. The van der Waals surface area contributed by atoms with Crippen LogP contribution in [0, 0.1) is 0 Å². The maximum absolute atomic E-state index is 9.94. The van der Waals surface area contributed by atoms with Crippen molar-refractivity contribution in [3.63, 3.8) is 0 Å². The van der Waals surface area contributed by atoms with Crippen molar-refractivity contribution in [2.45, 2.75) is 38.8 Å². The van der Waals surface area contributed by atoms with Gasteiger partial charge in [-0.3, -0.25) is 0 Å². The van der Waals surface area contributed by atoms with Gasteiger partial charge in [0.05, 0.1) is 5.60 Å². The zero-order valence-electron chi connectivity index (χ0n) is 12.2. The molecule has 3 nitrogen and oxygen atoms in total. The Balaban J connectivity index is 3.01. The Morgan fingerprint density at radius 3 is 2.44 bits per heavy atom. The van der Waals surface area contributed by atoms with Crippen LogP contribution in [-0.2, 0) is 0 Å². The molecule has 1 atom stereocenters. The van der Waals surface area contributed by atoms with Crippen LogP contribution in [0.1, 0.15) is 38.8 Å². The molecule has 0 saturated carbocycles. The minimum atomic E-state index is -0.691. The predicted molar refractivity (Wildman–Crippen MR) is 78.1 cm³/mol. The van der Waals surface area contributed by atoms with Gasteiger partial charge in [-0.2, -0.15) is 0 Å². The molecule has 0 aliphatic heterocycles. The summed E-state index contributed by atoms with van der Waals surface area (Å²) in [5.74, 6) is 0. The topological polar surface area (TPSA) is 35.5 Å². The molecule has 102 valence electrons. The van der Waals surface area contributed by atoms with Crippen molar-refractivity contribution in [3.05, 3.63) is 29.8 Å². The van der Waals surface area contributed by atoms with Crippen LogP contribution in [0.25, 0.3) is 0 Å². The minimum Gasteiger partial charge on any atom is -0.389 e. The van der Waals surface area contributed by atoms with E-state index in [1.54, 1.807) is 0 Å². The number of hydrogen-bond acceptors (Lipinski definition) is 3. The molecule has 0 amide bonds. The SMILES string of the molecule is CCC(NC)c1ccccc1N(C)CC(C)(C)O. The second kappa shape index (κ2) is 6.21. The second-order valence-corrected chi connectivity index (χ2v) is 5.48. The highest BCUT2D eigenvalue weighted by atomic mass is 16.3. The van der Waals surface area contributed by atoms with Crippen LogP contribution >= 0.6 is 0 Å². The number of benzene rings is 1. The summed E-state index contributed by atoms with van der Waals surface area (Å²) in [6.07, 6.45) is 1.05. The Morgan fingerprint density at radius 2 is 1.94 bits per heavy atom. The van der Waals surface area contributed by atoms with Gasteiger partial charge >= 0.3 is 0 Å². The molecule has 0 fully saturated rings. The molecule has 0 heterocycles. The number of aliphatic hydroxyl groups is 1. The van der Waals surface area contributed by atoms with Gasteiger partial charge in [0.1, 0.15) is 0 Å². The van der Waals surface area contributed by atoms with E-state index in [0.29, 0.717) is 12.6 Å². The van der Waals surface area contributed by atoms with Crippen LogP contribution in [0.4, 0.5) is 5.69 Å². The van der Waals surface area contributed by atoms with E-state index in [-0.39, 0.29) is 0 Å². The Kier molecular flexibility index (Phi) is 5.17. The summed E-state index contributed by atoms with van der Waals surface area (Å²) in [4.78, 5) is 2.12.